The highest BCUT2D eigenvalue weighted by atomic mass is 32.2. The normalized spacial score (nSPS) is 13.0. The monoisotopic (exact) mass is 254 g/mol. The van der Waals surface area contributed by atoms with E-state index in [0.717, 1.165) is 6.42 Å². The van der Waals surface area contributed by atoms with Gasteiger partial charge in [-0.1, -0.05) is 26.0 Å². The van der Waals surface area contributed by atoms with E-state index in [9.17, 15) is 8.42 Å². The van der Waals surface area contributed by atoms with E-state index in [0.29, 0.717) is 5.92 Å². The van der Waals surface area contributed by atoms with Gasteiger partial charge in [0.15, 0.2) is 0 Å². The second-order valence-corrected chi connectivity index (χ2v) is 7.01. The van der Waals surface area contributed by atoms with Crippen LogP contribution in [0.2, 0.25) is 0 Å². The summed E-state index contributed by atoms with van der Waals surface area (Å²) in [5.74, 6) is 0.441. The average molecular weight is 254 g/mol. The zero-order valence-corrected chi connectivity index (χ0v) is 11.6. The molecule has 0 bridgehead atoms. The predicted octanol–water partition coefficient (Wildman–Crippen LogP) is 2.59. The molecule has 0 saturated heterocycles. The first-order chi connectivity index (χ1) is 7.73. The number of sulfonamides is 1. The van der Waals surface area contributed by atoms with Crippen molar-refractivity contribution >= 4 is 10.0 Å². The van der Waals surface area contributed by atoms with Crippen LogP contribution in [0.15, 0.2) is 29.2 Å². The molecule has 3 nitrogen and oxygen atoms in total. The summed E-state index contributed by atoms with van der Waals surface area (Å²) in [6, 6.07) is 9.11. The molecule has 1 rings (SSSR count). The molecule has 1 N–H and O–H groups in total. The molecular formula is C13H20NO2S. The van der Waals surface area contributed by atoms with Crippen molar-refractivity contribution in [3.05, 3.63) is 30.3 Å². The molecule has 0 amide bonds. The maximum atomic E-state index is 12.1. The van der Waals surface area contributed by atoms with Gasteiger partial charge in [-0.2, -0.15) is 0 Å². The van der Waals surface area contributed by atoms with E-state index in [1.165, 1.54) is 0 Å². The largest absolute Gasteiger partial charge is 0.241 e. The molecule has 1 aromatic rings. The molecule has 95 valence electrons. The maximum Gasteiger partial charge on any atom is 0.241 e. The van der Waals surface area contributed by atoms with E-state index in [1.807, 2.05) is 13.8 Å². The predicted molar refractivity (Wildman–Crippen MR) is 69.1 cm³/mol. The van der Waals surface area contributed by atoms with Crippen LogP contribution in [0.5, 0.6) is 0 Å². The van der Waals surface area contributed by atoms with Crippen LogP contribution >= 0.6 is 0 Å². The lowest BCUT2D eigenvalue weighted by Crippen LogP contribution is -2.44. The van der Waals surface area contributed by atoms with Crippen molar-refractivity contribution in [3.63, 3.8) is 0 Å². The van der Waals surface area contributed by atoms with Crippen molar-refractivity contribution < 1.29 is 8.42 Å². The van der Waals surface area contributed by atoms with E-state index in [4.69, 9.17) is 0 Å². The lowest BCUT2D eigenvalue weighted by atomic mass is 9.94. The van der Waals surface area contributed by atoms with Crippen molar-refractivity contribution in [2.45, 2.75) is 44.6 Å². The molecule has 0 heterocycles. The van der Waals surface area contributed by atoms with Gasteiger partial charge in [-0.05, 0) is 44.4 Å². The zero-order chi connectivity index (χ0) is 13.1. The number of hydrogen-bond donors (Lipinski definition) is 1. The van der Waals surface area contributed by atoms with Crippen LogP contribution in [-0.2, 0) is 10.0 Å². The summed E-state index contributed by atoms with van der Waals surface area (Å²) in [4.78, 5) is 0.285. The van der Waals surface area contributed by atoms with Gasteiger partial charge in [0.2, 0.25) is 10.0 Å². The third kappa shape index (κ3) is 4.48. The minimum atomic E-state index is -3.43. The van der Waals surface area contributed by atoms with Crippen LogP contribution in [0.25, 0.3) is 0 Å². The van der Waals surface area contributed by atoms with Crippen molar-refractivity contribution in [3.8, 4) is 0 Å². The summed E-state index contributed by atoms with van der Waals surface area (Å²) < 4.78 is 26.9. The molecule has 0 atom stereocenters. The van der Waals surface area contributed by atoms with Gasteiger partial charge in [-0.15, -0.1) is 0 Å². The molecule has 0 fully saturated rings. The fourth-order valence-electron chi connectivity index (χ4n) is 2.04. The fraction of sp³-hybridized carbons (Fsp3) is 0.538. The van der Waals surface area contributed by atoms with E-state index in [1.54, 1.807) is 24.3 Å². The van der Waals surface area contributed by atoms with Gasteiger partial charge < -0.3 is 0 Å². The molecule has 0 aliphatic heterocycles. The Morgan fingerprint density at radius 3 is 2.29 bits per heavy atom. The Morgan fingerprint density at radius 2 is 1.82 bits per heavy atom. The lowest BCUT2D eigenvalue weighted by molar-refractivity contribution is 0.365. The standard InChI is InChI=1S/C13H20NO2S/c1-11(2)10-13(3,4)14-17(15,16)12-8-6-5-7-9-12/h6-9,11,14H,10H2,1-4H3. The molecule has 0 spiro atoms. The van der Waals surface area contributed by atoms with E-state index >= 15 is 0 Å². The fourth-order valence-corrected chi connectivity index (χ4v) is 3.46. The van der Waals surface area contributed by atoms with Crippen LogP contribution in [0, 0.1) is 12.0 Å². The number of hydrogen-bond acceptors (Lipinski definition) is 2. The van der Waals surface area contributed by atoms with Crippen molar-refractivity contribution in [1.29, 1.82) is 0 Å². The Balaban J connectivity index is 2.88. The Kier molecular flexibility index (Phi) is 4.33. The van der Waals surface area contributed by atoms with Crippen molar-refractivity contribution in [2.75, 3.05) is 0 Å². The van der Waals surface area contributed by atoms with Crippen LogP contribution in [-0.4, -0.2) is 14.0 Å². The van der Waals surface area contributed by atoms with E-state index in [2.05, 4.69) is 24.6 Å². The van der Waals surface area contributed by atoms with Gasteiger partial charge in [-0.3, -0.25) is 0 Å². The van der Waals surface area contributed by atoms with Gasteiger partial charge >= 0.3 is 0 Å². The summed E-state index contributed by atoms with van der Waals surface area (Å²) in [6.07, 6.45) is 0.797. The smallest absolute Gasteiger partial charge is 0.207 e. The molecule has 0 unspecified atom stereocenters. The molecule has 17 heavy (non-hydrogen) atoms. The number of rotatable bonds is 5. The van der Waals surface area contributed by atoms with Crippen molar-refractivity contribution in [2.24, 2.45) is 5.92 Å². The zero-order valence-electron chi connectivity index (χ0n) is 10.8. The second kappa shape index (κ2) is 5.19. The Labute approximate surface area is 104 Å². The topological polar surface area (TPSA) is 46.2 Å². The average Bonchev–Trinajstić information content (AvgIpc) is 2.15. The third-order valence-corrected chi connectivity index (χ3v) is 4.04. The van der Waals surface area contributed by atoms with E-state index in [-0.39, 0.29) is 4.90 Å². The summed E-state index contributed by atoms with van der Waals surface area (Å²) in [5, 5.41) is 0. The molecule has 1 aromatic carbocycles. The number of benzene rings is 1. The van der Waals surface area contributed by atoms with Gasteiger partial charge in [0.05, 0.1) is 4.90 Å². The molecular weight excluding hydrogens is 234 g/mol. The molecule has 0 aliphatic carbocycles. The van der Waals surface area contributed by atoms with Crippen LogP contribution < -0.4 is 4.72 Å². The maximum absolute atomic E-state index is 12.1. The highest BCUT2D eigenvalue weighted by Crippen LogP contribution is 2.19. The Bertz CT molecular complexity index is 450. The molecule has 1 radical (unpaired) electrons. The SMILES string of the molecule is CC(C)CC(C)(C)NS(=O)(=O)c1cc[c]cc1. The summed E-state index contributed by atoms with van der Waals surface area (Å²) in [6.45, 7) is 7.96. The lowest BCUT2D eigenvalue weighted by Gasteiger charge is -2.27. The number of nitrogens with one attached hydrogen (secondary N) is 1. The van der Waals surface area contributed by atoms with Gasteiger partial charge in [0.1, 0.15) is 0 Å². The minimum absolute atomic E-state index is 0.285. The Hall–Kier alpha value is -0.870. The van der Waals surface area contributed by atoms with Gasteiger partial charge in [-0.25, -0.2) is 13.1 Å². The highest BCUT2D eigenvalue weighted by Gasteiger charge is 2.26. The third-order valence-electron chi connectivity index (χ3n) is 2.33. The molecule has 0 aliphatic rings. The Morgan fingerprint density at radius 1 is 1.29 bits per heavy atom. The summed E-state index contributed by atoms with van der Waals surface area (Å²) >= 11 is 0. The minimum Gasteiger partial charge on any atom is -0.207 e. The van der Waals surface area contributed by atoms with Gasteiger partial charge in [0, 0.05) is 5.54 Å². The quantitative estimate of drug-likeness (QED) is 0.878. The van der Waals surface area contributed by atoms with E-state index < -0.39 is 15.6 Å². The highest BCUT2D eigenvalue weighted by molar-refractivity contribution is 7.89. The van der Waals surface area contributed by atoms with Gasteiger partial charge in [0.25, 0.3) is 0 Å². The van der Waals surface area contributed by atoms with Crippen LogP contribution in [0.4, 0.5) is 0 Å². The molecule has 0 aromatic heterocycles. The summed E-state index contributed by atoms with van der Waals surface area (Å²) in [5.41, 5.74) is -0.438. The van der Waals surface area contributed by atoms with Crippen LogP contribution in [0.3, 0.4) is 0 Å². The first-order valence-corrected chi connectivity index (χ1v) is 7.21. The first kappa shape index (κ1) is 14.2. The summed E-state index contributed by atoms with van der Waals surface area (Å²) in [7, 11) is -3.43. The van der Waals surface area contributed by atoms with Crippen molar-refractivity contribution in [1.82, 2.24) is 4.72 Å². The van der Waals surface area contributed by atoms with Crippen LogP contribution in [0.1, 0.15) is 34.1 Å². The molecule has 0 saturated carbocycles. The first-order valence-electron chi connectivity index (χ1n) is 5.73. The molecule has 4 heteroatoms. The second-order valence-electron chi connectivity index (χ2n) is 5.32.